The third kappa shape index (κ3) is 3.54. The number of aliphatic imine (C=N–C) groups is 2. The lowest BCUT2D eigenvalue weighted by atomic mass is 9.87. The van der Waals surface area contributed by atoms with Gasteiger partial charge in [-0.25, -0.2) is 4.99 Å². The molecule has 8 nitrogen and oxygen atoms in total. The first kappa shape index (κ1) is 19.3. The van der Waals surface area contributed by atoms with Gasteiger partial charge in [0, 0.05) is 16.8 Å². The van der Waals surface area contributed by atoms with Gasteiger partial charge in [-0.2, -0.15) is 9.98 Å². The zero-order valence-electron chi connectivity index (χ0n) is 17.5. The Labute approximate surface area is 180 Å². The van der Waals surface area contributed by atoms with E-state index in [1.54, 1.807) is 0 Å². The molecule has 1 fully saturated rings. The molecule has 8 heteroatoms. The summed E-state index contributed by atoms with van der Waals surface area (Å²) in [4.78, 5) is 15.6. The summed E-state index contributed by atoms with van der Waals surface area (Å²) < 4.78 is 5.57. The second-order valence-corrected chi connectivity index (χ2v) is 8.16. The summed E-state index contributed by atoms with van der Waals surface area (Å²) in [6.07, 6.45) is 5.10. The molecule has 5 rings (SSSR count). The second kappa shape index (κ2) is 7.54. The van der Waals surface area contributed by atoms with Crippen LogP contribution in [0, 0.1) is 6.92 Å². The molecule has 31 heavy (non-hydrogen) atoms. The fourth-order valence-corrected chi connectivity index (χ4v) is 4.43. The minimum atomic E-state index is -0.491. The van der Waals surface area contributed by atoms with E-state index in [9.17, 15) is 0 Å². The summed E-state index contributed by atoms with van der Waals surface area (Å²) in [6, 6.07) is 15.9. The highest BCUT2D eigenvalue weighted by molar-refractivity contribution is 6.05. The Morgan fingerprint density at radius 3 is 2.52 bits per heavy atom. The summed E-state index contributed by atoms with van der Waals surface area (Å²) in [6.45, 7) is 2.04. The first-order valence-electron chi connectivity index (χ1n) is 10.5. The molecule has 158 valence electrons. The number of rotatable bonds is 3. The maximum atomic E-state index is 6.35. The van der Waals surface area contributed by atoms with Gasteiger partial charge in [-0.15, -0.1) is 0 Å². The molecule has 1 aliphatic carbocycles. The molecular formula is C23H25N7O. The molecule has 4 N–H and O–H groups in total. The third-order valence-electron chi connectivity index (χ3n) is 5.94. The van der Waals surface area contributed by atoms with Crippen molar-refractivity contribution in [3.05, 3.63) is 54.1 Å². The number of aromatic nitrogens is 2. The zero-order valence-corrected chi connectivity index (χ0v) is 17.5. The van der Waals surface area contributed by atoms with Crippen LogP contribution in [0.25, 0.3) is 22.8 Å². The molecule has 1 aliphatic heterocycles. The number of aryl methyl sites for hydroxylation is 1. The van der Waals surface area contributed by atoms with Crippen LogP contribution in [0.2, 0.25) is 0 Å². The molecule has 2 aromatic carbocycles. The van der Waals surface area contributed by atoms with Gasteiger partial charge in [0.05, 0.1) is 0 Å². The van der Waals surface area contributed by atoms with Crippen LogP contribution in [-0.4, -0.2) is 27.7 Å². The van der Waals surface area contributed by atoms with E-state index in [2.05, 4.69) is 15.1 Å². The Morgan fingerprint density at radius 2 is 1.74 bits per heavy atom. The summed E-state index contributed by atoms with van der Waals surface area (Å²) in [5.41, 5.74) is 15.6. The molecule has 0 atom stereocenters. The van der Waals surface area contributed by atoms with Crippen LogP contribution in [-0.2, 0) is 0 Å². The van der Waals surface area contributed by atoms with Crippen LogP contribution in [0.3, 0.4) is 0 Å². The molecular weight excluding hydrogens is 390 g/mol. The molecule has 0 bridgehead atoms. The molecule has 2 aliphatic rings. The van der Waals surface area contributed by atoms with Crippen molar-refractivity contribution in [3.8, 4) is 22.8 Å². The molecule has 3 aromatic rings. The van der Waals surface area contributed by atoms with Crippen molar-refractivity contribution >= 4 is 17.6 Å². The van der Waals surface area contributed by atoms with Gasteiger partial charge >= 0.3 is 0 Å². The molecule has 0 radical (unpaired) electrons. The molecule has 1 aromatic heterocycles. The van der Waals surface area contributed by atoms with Crippen LogP contribution >= 0.6 is 0 Å². The quantitative estimate of drug-likeness (QED) is 0.671. The van der Waals surface area contributed by atoms with Crippen LogP contribution in [0.4, 0.5) is 5.69 Å². The lowest BCUT2D eigenvalue weighted by Gasteiger charge is -2.45. The summed E-state index contributed by atoms with van der Waals surface area (Å²) >= 11 is 0. The average molecular weight is 416 g/mol. The Kier molecular flexibility index (Phi) is 4.69. The second-order valence-electron chi connectivity index (χ2n) is 8.16. The maximum absolute atomic E-state index is 6.35. The smallest absolute Gasteiger partial charge is 0.258 e. The Hall–Kier alpha value is -3.68. The van der Waals surface area contributed by atoms with Crippen LogP contribution < -0.4 is 16.4 Å². The first-order chi connectivity index (χ1) is 15.0. The van der Waals surface area contributed by atoms with E-state index in [1.807, 2.05) is 60.4 Å². The fourth-order valence-electron chi connectivity index (χ4n) is 4.43. The summed E-state index contributed by atoms with van der Waals surface area (Å²) in [5.74, 6) is 1.61. The molecule has 0 amide bonds. The van der Waals surface area contributed by atoms with Gasteiger partial charge in [0.1, 0.15) is 5.66 Å². The molecule has 1 spiro atoms. The predicted molar refractivity (Wildman–Crippen MR) is 121 cm³/mol. The number of hydrogen-bond acceptors (Lipinski definition) is 8. The van der Waals surface area contributed by atoms with Crippen molar-refractivity contribution in [1.82, 2.24) is 10.1 Å². The average Bonchev–Trinajstić information content (AvgIpc) is 3.25. The van der Waals surface area contributed by atoms with E-state index < -0.39 is 5.66 Å². The third-order valence-corrected chi connectivity index (χ3v) is 5.94. The van der Waals surface area contributed by atoms with Gasteiger partial charge in [0.2, 0.25) is 17.7 Å². The maximum Gasteiger partial charge on any atom is 0.258 e. The van der Waals surface area contributed by atoms with Crippen molar-refractivity contribution in [3.63, 3.8) is 0 Å². The van der Waals surface area contributed by atoms with Crippen LogP contribution in [0.15, 0.2) is 63.0 Å². The largest absolute Gasteiger partial charge is 0.369 e. The van der Waals surface area contributed by atoms with Crippen molar-refractivity contribution < 1.29 is 4.52 Å². The van der Waals surface area contributed by atoms with E-state index >= 15 is 0 Å². The highest BCUT2D eigenvalue weighted by Gasteiger charge is 2.42. The van der Waals surface area contributed by atoms with Gasteiger partial charge in [-0.3, -0.25) is 4.90 Å². The lowest BCUT2D eigenvalue weighted by Crippen LogP contribution is -2.58. The van der Waals surface area contributed by atoms with E-state index in [4.69, 9.17) is 21.0 Å². The van der Waals surface area contributed by atoms with Gasteiger partial charge in [-0.1, -0.05) is 47.5 Å². The lowest BCUT2D eigenvalue weighted by molar-refractivity contribution is 0.305. The van der Waals surface area contributed by atoms with Crippen molar-refractivity contribution in [2.45, 2.75) is 44.7 Å². The van der Waals surface area contributed by atoms with Gasteiger partial charge < -0.3 is 16.0 Å². The van der Waals surface area contributed by atoms with Crippen molar-refractivity contribution in [1.29, 1.82) is 0 Å². The number of guanidine groups is 2. The predicted octanol–water partition coefficient (Wildman–Crippen LogP) is 3.82. The van der Waals surface area contributed by atoms with E-state index in [0.29, 0.717) is 17.7 Å². The van der Waals surface area contributed by atoms with Crippen molar-refractivity contribution in [2.75, 3.05) is 4.90 Å². The highest BCUT2D eigenvalue weighted by atomic mass is 16.5. The van der Waals surface area contributed by atoms with Gasteiger partial charge in [-0.05, 0) is 50.8 Å². The normalized spacial score (nSPS) is 18.0. The zero-order chi connectivity index (χ0) is 21.4. The minimum Gasteiger partial charge on any atom is -0.369 e. The van der Waals surface area contributed by atoms with Crippen LogP contribution in [0.1, 0.15) is 37.7 Å². The monoisotopic (exact) mass is 415 g/mol. The first-order valence-corrected chi connectivity index (χ1v) is 10.5. The topological polar surface area (TPSA) is 119 Å². The van der Waals surface area contributed by atoms with E-state index in [1.165, 1.54) is 12.0 Å². The summed E-state index contributed by atoms with van der Waals surface area (Å²) in [7, 11) is 0. The minimum absolute atomic E-state index is 0.242. The Balaban J connectivity index is 1.50. The highest BCUT2D eigenvalue weighted by Crippen LogP contribution is 2.40. The number of nitrogens with zero attached hydrogens (tertiary/aromatic N) is 5. The summed E-state index contributed by atoms with van der Waals surface area (Å²) in [5, 5.41) is 4.16. The number of hydrogen-bond donors (Lipinski definition) is 2. The molecule has 1 saturated carbocycles. The molecule has 2 heterocycles. The van der Waals surface area contributed by atoms with E-state index in [-0.39, 0.29) is 5.96 Å². The Morgan fingerprint density at radius 1 is 0.968 bits per heavy atom. The van der Waals surface area contributed by atoms with Crippen LogP contribution in [0.5, 0.6) is 0 Å². The van der Waals surface area contributed by atoms with Crippen molar-refractivity contribution in [2.24, 2.45) is 21.5 Å². The fraction of sp³-hybridized carbons (Fsp3) is 0.304. The molecule has 0 saturated heterocycles. The SMILES string of the molecule is Cc1ccc(-c2noc(-c3cccc(N4C(N)=NC(N)=NC45CCCCC5)c3)n2)cc1. The Bertz CT molecular complexity index is 1160. The van der Waals surface area contributed by atoms with E-state index in [0.717, 1.165) is 42.5 Å². The number of benzene rings is 2. The standard InChI is InChI=1S/C23H25N7O/c1-15-8-10-16(11-9-15)19-26-20(31-29-19)17-6-5-7-18(14-17)30-22(25)27-21(24)28-23(30)12-3-2-4-13-23/h5-11,14H,2-4,12-13H2,1H3,(H4,24,25,27,28). The number of nitrogens with two attached hydrogens (primary N) is 2. The van der Waals surface area contributed by atoms with Gasteiger partial charge in [0.25, 0.3) is 5.89 Å². The number of anilines is 1. The van der Waals surface area contributed by atoms with Gasteiger partial charge in [0.15, 0.2) is 0 Å². The molecule has 0 unspecified atom stereocenters.